The minimum absolute atomic E-state index is 0.0372. The second-order valence-electron chi connectivity index (χ2n) is 8.36. The molecule has 2 nitrogen and oxygen atoms in total. The Kier molecular flexibility index (Phi) is 17.9. The summed E-state index contributed by atoms with van der Waals surface area (Å²) in [5, 5.41) is 0. The van der Waals surface area contributed by atoms with Gasteiger partial charge in [-0.25, -0.2) is 0 Å². The average Bonchev–Trinajstić information content (AvgIpc) is 2.57. The minimum Gasteiger partial charge on any atom is -0.352 e. The van der Waals surface area contributed by atoms with E-state index in [1.165, 1.54) is 57.8 Å². The van der Waals surface area contributed by atoms with Crippen LogP contribution >= 0.6 is 12.6 Å². The molecule has 0 bridgehead atoms. The lowest BCUT2D eigenvalue weighted by molar-refractivity contribution is -0.185. The molecule has 1 unspecified atom stereocenters. The third-order valence-corrected chi connectivity index (χ3v) is 4.80. The molecule has 0 N–H and O–H groups in total. The van der Waals surface area contributed by atoms with E-state index in [4.69, 9.17) is 9.47 Å². The van der Waals surface area contributed by atoms with Gasteiger partial charge < -0.3 is 9.47 Å². The summed E-state index contributed by atoms with van der Waals surface area (Å²) < 4.78 is 12.4. The Labute approximate surface area is 164 Å². The molecule has 0 aromatic heterocycles. The predicted octanol–water partition coefficient (Wildman–Crippen LogP) is 7.12. The van der Waals surface area contributed by atoms with Crippen molar-refractivity contribution in [1.82, 2.24) is 0 Å². The Bertz CT molecular complexity index is 257. The van der Waals surface area contributed by atoms with Crippen molar-refractivity contribution in [3.05, 3.63) is 0 Å². The molecule has 0 amide bonds. The zero-order valence-corrected chi connectivity index (χ0v) is 18.7. The summed E-state index contributed by atoms with van der Waals surface area (Å²) in [7, 11) is 0. The minimum atomic E-state index is -0.0372. The van der Waals surface area contributed by atoms with Gasteiger partial charge in [-0.05, 0) is 36.9 Å². The first kappa shape index (κ1) is 25.3. The number of hydrogen-bond acceptors (Lipinski definition) is 3. The molecule has 25 heavy (non-hydrogen) atoms. The highest BCUT2D eigenvalue weighted by atomic mass is 32.1. The third kappa shape index (κ3) is 16.2. The normalized spacial score (nSPS) is 13.3. The number of hydrogen-bond donors (Lipinski definition) is 1. The van der Waals surface area contributed by atoms with Crippen molar-refractivity contribution >= 4 is 12.6 Å². The van der Waals surface area contributed by atoms with Crippen LogP contribution in [-0.4, -0.2) is 25.3 Å². The molecule has 3 heteroatoms. The van der Waals surface area contributed by atoms with Crippen LogP contribution in [0.25, 0.3) is 0 Å². The molecular formula is C22H46O2S. The fourth-order valence-corrected chi connectivity index (χ4v) is 3.21. The van der Waals surface area contributed by atoms with E-state index in [1.54, 1.807) is 0 Å². The predicted molar refractivity (Wildman–Crippen MR) is 115 cm³/mol. The van der Waals surface area contributed by atoms with Crippen molar-refractivity contribution < 1.29 is 9.47 Å². The highest BCUT2D eigenvalue weighted by molar-refractivity contribution is 7.80. The van der Waals surface area contributed by atoms with Gasteiger partial charge in [0, 0.05) is 5.92 Å². The molecule has 0 radical (unpaired) electrons. The fraction of sp³-hybridized carbons (Fsp3) is 1.00. The van der Waals surface area contributed by atoms with Gasteiger partial charge in [0.05, 0.1) is 13.2 Å². The van der Waals surface area contributed by atoms with Gasteiger partial charge in [0.1, 0.15) is 0 Å². The molecule has 0 rings (SSSR count). The molecule has 0 aliphatic carbocycles. The summed E-state index contributed by atoms with van der Waals surface area (Å²) in [6.07, 6.45) is 13.0. The van der Waals surface area contributed by atoms with E-state index in [0.29, 0.717) is 17.8 Å². The Morgan fingerprint density at radius 3 is 1.64 bits per heavy atom. The Morgan fingerprint density at radius 1 is 0.680 bits per heavy atom. The molecule has 0 aliphatic heterocycles. The number of rotatable bonds is 18. The standard InChI is InChI=1S/C22H46O2S/c1-6-7-8-9-10-11-12-14-21(15-13-16-25)22(23-17-19(2)3)24-18-20(4)5/h19-22,25H,6-18H2,1-5H3. The number of ether oxygens (including phenoxy) is 2. The molecule has 0 saturated carbocycles. The first-order valence-corrected chi connectivity index (χ1v) is 11.5. The molecule has 0 spiro atoms. The SMILES string of the molecule is CCCCCCCCCC(CCCS)C(OCC(C)C)OCC(C)C. The fourth-order valence-electron chi connectivity index (χ4n) is 3.03. The maximum Gasteiger partial charge on any atom is 0.160 e. The van der Waals surface area contributed by atoms with Crippen molar-refractivity contribution in [2.45, 2.75) is 105 Å². The van der Waals surface area contributed by atoms with E-state index in [9.17, 15) is 0 Å². The zero-order chi connectivity index (χ0) is 18.9. The van der Waals surface area contributed by atoms with Crippen molar-refractivity contribution in [2.75, 3.05) is 19.0 Å². The van der Waals surface area contributed by atoms with Gasteiger partial charge in [-0.2, -0.15) is 12.6 Å². The molecule has 0 saturated heterocycles. The summed E-state index contributed by atoms with van der Waals surface area (Å²) in [4.78, 5) is 0. The van der Waals surface area contributed by atoms with Crippen LogP contribution in [0, 0.1) is 17.8 Å². The Morgan fingerprint density at radius 2 is 1.16 bits per heavy atom. The molecule has 0 aromatic rings. The Hall–Kier alpha value is 0.270. The van der Waals surface area contributed by atoms with Crippen molar-refractivity contribution in [3.63, 3.8) is 0 Å². The molecule has 0 fully saturated rings. The zero-order valence-electron chi connectivity index (χ0n) is 17.8. The topological polar surface area (TPSA) is 18.5 Å². The highest BCUT2D eigenvalue weighted by Gasteiger charge is 2.23. The quantitative estimate of drug-likeness (QED) is 0.156. The van der Waals surface area contributed by atoms with Gasteiger partial charge in [-0.1, -0.05) is 79.6 Å². The van der Waals surface area contributed by atoms with E-state index < -0.39 is 0 Å². The highest BCUT2D eigenvalue weighted by Crippen LogP contribution is 2.25. The van der Waals surface area contributed by atoms with E-state index in [1.807, 2.05) is 0 Å². The summed E-state index contributed by atoms with van der Waals surface area (Å²) >= 11 is 4.41. The summed E-state index contributed by atoms with van der Waals surface area (Å²) in [6, 6.07) is 0. The van der Waals surface area contributed by atoms with E-state index in [0.717, 1.165) is 25.4 Å². The summed E-state index contributed by atoms with van der Waals surface area (Å²) in [5.41, 5.74) is 0. The Balaban J connectivity index is 4.38. The van der Waals surface area contributed by atoms with Crippen LogP contribution in [0.4, 0.5) is 0 Å². The molecule has 0 heterocycles. The molecular weight excluding hydrogens is 328 g/mol. The van der Waals surface area contributed by atoms with E-state index in [-0.39, 0.29) is 6.29 Å². The molecule has 0 aromatic carbocycles. The average molecular weight is 375 g/mol. The molecule has 152 valence electrons. The molecule has 1 atom stereocenters. The van der Waals surface area contributed by atoms with Crippen LogP contribution in [0.15, 0.2) is 0 Å². The van der Waals surface area contributed by atoms with Gasteiger partial charge in [-0.15, -0.1) is 0 Å². The van der Waals surface area contributed by atoms with Crippen LogP contribution in [-0.2, 0) is 9.47 Å². The summed E-state index contributed by atoms with van der Waals surface area (Å²) in [5.74, 6) is 2.57. The first-order chi connectivity index (χ1) is 12.0. The second kappa shape index (κ2) is 17.7. The van der Waals surface area contributed by atoms with E-state index in [2.05, 4.69) is 47.2 Å². The lowest BCUT2D eigenvalue weighted by atomic mass is 9.95. The summed E-state index contributed by atoms with van der Waals surface area (Å²) in [6.45, 7) is 12.7. The maximum atomic E-state index is 6.18. The maximum absolute atomic E-state index is 6.18. The van der Waals surface area contributed by atoms with Gasteiger partial charge in [0.25, 0.3) is 0 Å². The monoisotopic (exact) mass is 374 g/mol. The smallest absolute Gasteiger partial charge is 0.160 e. The van der Waals surface area contributed by atoms with Crippen molar-refractivity contribution in [1.29, 1.82) is 0 Å². The van der Waals surface area contributed by atoms with Crippen LogP contribution in [0.2, 0.25) is 0 Å². The first-order valence-electron chi connectivity index (χ1n) is 10.8. The lowest BCUT2D eigenvalue weighted by Gasteiger charge is -2.29. The van der Waals surface area contributed by atoms with Gasteiger partial charge in [-0.3, -0.25) is 0 Å². The van der Waals surface area contributed by atoms with Gasteiger partial charge in [0.15, 0.2) is 6.29 Å². The van der Waals surface area contributed by atoms with Crippen molar-refractivity contribution in [3.8, 4) is 0 Å². The van der Waals surface area contributed by atoms with Gasteiger partial charge in [0.2, 0.25) is 0 Å². The number of thiol groups is 1. The van der Waals surface area contributed by atoms with E-state index >= 15 is 0 Å². The number of unbranched alkanes of at least 4 members (excludes halogenated alkanes) is 6. The third-order valence-electron chi connectivity index (χ3n) is 4.48. The molecule has 0 aliphatic rings. The van der Waals surface area contributed by atoms with Crippen LogP contribution in [0.1, 0.15) is 98.8 Å². The van der Waals surface area contributed by atoms with Crippen molar-refractivity contribution in [2.24, 2.45) is 17.8 Å². The largest absolute Gasteiger partial charge is 0.352 e. The van der Waals surface area contributed by atoms with Crippen LogP contribution in [0.5, 0.6) is 0 Å². The van der Waals surface area contributed by atoms with Crippen LogP contribution < -0.4 is 0 Å². The van der Waals surface area contributed by atoms with Gasteiger partial charge >= 0.3 is 0 Å². The second-order valence-corrected chi connectivity index (χ2v) is 8.81. The lowest BCUT2D eigenvalue weighted by Crippen LogP contribution is -2.30. The van der Waals surface area contributed by atoms with Crippen LogP contribution in [0.3, 0.4) is 0 Å².